The summed E-state index contributed by atoms with van der Waals surface area (Å²) in [7, 11) is 0. The first-order valence-electron chi connectivity index (χ1n) is 5.52. The zero-order valence-electron chi connectivity index (χ0n) is 9.76. The van der Waals surface area contributed by atoms with Crippen molar-refractivity contribution >= 4 is 11.6 Å². The number of hydrogen-bond donors (Lipinski definition) is 1. The third kappa shape index (κ3) is 3.84. The lowest BCUT2D eigenvalue weighted by Gasteiger charge is -2.13. The van der Waals surface area contributed by atoms with Crippen LogP contribution in [0.1, 0.15) is 30.9 Å². The summed E-state index contributed by atoms with van der Waals surface area (Å²) in [6, 6.07) is 8.48. The van der Waals surface area contributed by atoms with Gasteiger partial charge in [0.05, 0.1) is 12.5 Å². The number of nitriles is 1. The molecule has 1 unspecified atom stereocenters. The highest BCUT2D eigenvalue weighted by Gasteiger charge is 2.05. The molecular weight excluding hydrogens is 220 g/mol. The fraction of sp³-hybridized carbons (Fsp3) is 0.462. The van der Waals surface area contributed by atoms with E-state index in [1.54, 1.807) is 0 Å². The van der Waals surface area contributed by atoms with Crippen molar-refractivity contribution in [3.05, 3.63) is 34.3 Å². The third-order valence-corrected chi connectivity index (χ3v) is 3.07. The number of nitrogens with one attached hydrogen (secondary N) is 1. The summed E-state index contributed by atoms with van der Waals surface area (Å²) in [5.74, 6) is 0. The average molecular weight is 237 g/mol. The average Bonchev–Trinajstić information content (AvgIpc) is 2.28. The maximum Gasteiger partial charge on any atom is 0.0638 e. The summed E-state index contributed by atoms with van der Waals surface area (Å²) >= 11 is 5.96. The minimum Gasteiger partial charge on any atom is -0.309 e. The molecule has 0 saturated heterocycles. The van der Waals surface area contributed by atoms with Crippen LogP contribution in [0.15, 0.2) is 18.2 Å². The van der Waals surface area contributed by atoms with E-state index in [0.717, 1.165) is 23.6 Å². The van der Waals surface area contributed by atoms with E-state index in [2.05, 4.69) is 24.4 Å². The lowest BCUT2D eigenvalue weighted by Crippen LogP contribution is -2.27. The smallest absolute Gasteiger partial charge is 0.0638 e. The molecule has 0 heterocycles. The van der Waals surface area contributed by atoms with Gasteiger partial charge >= 0.3 is 0 Å². The summed E-state index contributed by atoms with van der Waals surface area (Å²) in [5.41, 5.74) is 2.30. The fourth-order valence-corrected chi connectivity index (χ4v) is 1.67. The second kappa shape index (κ2) is 6.52. The molecule has 1 rings (SSSR count). The van der Waals surface area contributed by atoms with Crippen molar-refractivity contribution in [3.63, 3.8) is 0 Å². The van der Waals surface area contributed by atoms with Gasteiger partial charge in [0, 0.05) is 17.6 Å². The van der Waals surface area contributed by atoms with E-state index in [-0.39, 0.29) is 6.04 Å². The van der Waals surface area contributed by atoms with Crippen molar-refractivity contribution in [2.75, 3.05) is 0 Å². The Labute approximate surface area is 102 Å². The summed E-state index contributed by atoms with van der Waals surface area (Å²) in [6.45, 7) is 4.87. The van der Waals surface area contributed by atoms with Gasteiger partial charge in [0.15, 0.2) is 0 Å². The Hall–Kier alpha value is -1.04. The molecule has 0 fully saturated rings. The van der Waals surface area contributed by atoms with Gasteiger partial charge in [-0.2, -0.15) is 5.26 Å². The van der Waals surface area contributed by atoms with E-state index < -0.39 is 0 Å². The Kier molecular flexibility index (Phi) is 5.31. The van der Waals surface area contributed by atoms with E-state index in [1.165, 1.54) is 5.56 Å². The minimum absolute atomic E-state index is 0.279. The number of benzene rings is 1. The molecule has 86 valence electrons. The van der Waals surface area contributed by atoms with Crippen molar-refractivity contribution in [1.82, 2.24) is 5.32 Å². The van der Waals surface area contributed by atoms with Crippen LogP contribution in [0.3, 0.4) is 0 Å². The molecule has 0 aliphatic heterocycles. The summed E-state index contributed by atoms with van der Waals surface area (Å²) < 4.78 is 0. The summed E-state index contributed by atoms with van der Waals surface area (Å²) in [5, 5.41) is 12.8. The van der Waals surface area contributed by atoms with Crippen molar-refractivity contribution in [1.29, 1.82) is 5.26 Å². The maximum atomic E-state index is 8.64. The van der Waals surface area contributed by atoms with Crippen LogP contribution in [-0.2, 0) is 6.54 Å². The van der Waals surface area contributed by atoms with Crippen LogP contribution in [0.4, 0.5) is 0 Å². The Balaban J connectivity index is 2.54. The van der Waals surface area contributed by atoms with Crippen LogP contribution in [-0.4, -0.2) is 6.04 Å². The molecule has 3 heteroatoms. The molecule has 0 aliphatic carbocycles. The molecule has 16 heavy (non-hydrogen) atoms. The number of aryl methyl sites for hydroxylation is 1. The molecule has 1 N–H and O–H groups in total. The minimum atomic E-state index is 0.279. The van der Waals surface area contributed by atoms with Gasteiger partial charge in [0.1, 0.15) is 0 Å². The molecule has 0 aromatic heterocycles. The quantitative estimate of drug-likeness (QED) is 0.850. The standard InChI is InChI=1S/C13H17ClN2/c1-3-12(6-7-15)16-9-11-4-5-13(14)10(2)8-11/h4-5,8,12,16H,3,6,9H2,1-2H3. The van der Waals surface area contributed by atoms with E-state index >= 15 is 0 Å². The Morgan fingerprint density at radius 1 is 1.50 bits per heavy atom. The predicted molar refractivity (Wildman–Crippen MR) is 67.3 cm³/mol. The van der Waals surface area contributed by atoms with Crippen LogP contribution in [0.25, 0.3) is 0 Å². The molecular formula is C13H17ClN2. The van der Waals surface area contributed by atoms with E-state index in [1.807, 2.05) is 19.1 Å². The highest BCUT2D eigenvalue weighted by Crippen LogP contribution is 2.16. The van der Waals surface area contributed by atoms with Gasteiger partial charge in [-0.25, -0.2) is 0 Å². The lowest BCUT2D eigenvalue weighted by atomic mass is 10.1. The van der Waals surface area contributed by atoms with Gasteiger partial charge in [-0.05, 0) is 30.5 Å². The Morgan fingerprint density at radius 3 is 2.81 bits per heavy atom. The molecule has 0 bridgehead atoms. The molecule has 0 saturated carbocycles. The molecule has 1 atom stereocenters. The molecule has 0 spiro atoms. The molecule has 2 nitrogen and oxygen atoms in total. The predicted octanol–water partition coefficient (Wildman–Crippen LogP) is 3.43. The Morgan fingerprint density at radius 2 is 2.25 bits per heavy atom. The van der Waals surface area contributed by atoms with Crippen LogP contribution >= 0.6 is 11.6 Å². The van der Waals surface area contributed by atoms with Gasteiger partial charge in [-0.3, -0.25) is 0 Å². The van der Waals surface area contributed by atoms with Gasteiger partial charge in [-0.15, -0.1) is 0 Å². The molecule has 1 aromatic carbocycles. The maximum absolute atomic E-state index is 8.64. The largest absolute Gasteiger partial charge is 0.309 e. The number of hydrogen-bond acceptors (Lipinski definition) is 2. The number of rotatable bonds is 5. The van der Waals surface area contributed by atoms with Crippen LogP contribution < -0.4 is 5.32 Å². The molecule has 0 radical (unpaired) electrons. The number of halogens is 1. The van der Waals surface area contributed by atoms with E-state index in [4.69, 9.17) is 16.9 Å². The zero-order valence-corrected chi connectivity index (χ0v) is 10.5. The molecule has 0 aliphatic rings. The SMILES string of the molecule is CCC(CC#N)NCc1ccc(Cl)c(C)c1. The summed E-state index contributed by atoms with van der Waals surface area (Å²) in [4.78, 5) is 0. The lowest BCUT2D eigenvalue weighted by molar-refractivity contribution is 0.505. The van der Waals surface area contributed by atoms with Crippen LogP contribution in [0.2, 0.25) is 5.02 Å². The third-order valence-electron chi connectivity index (χ3n) is 2.65. The monoisotopic (exact) mass is 236 g/mol. The van der Waals surface area contributed by atoms with Crippen molar-refractivity contribution in [2.24, 2.45) is 0 Å². The normalized spacial score (nSPS) is 12.1. The van der Waals surface area contributed by atoms with E-state index in [0.29, 0.717) is 6.42 Å². The second-order valence-corrected chi connectivity index (χ2v) is 4.34. The first-order chi connectivity index (χ1) is 7.67. The highest BCUT2D eigenvalue weighted by molar-refractivity contribution is 6.31. The first-order valence-corrected chi connectivity index (χ1v) is 5.90. The van der Waals surface area contributed by atoms with Gasteiger partial charge in [-0.1, -0.05) is 30.7 Å². The zero-order chi connectivity index (χ0) is 12.0. The van der Waals surface area contributed by atoms with Gasteiger partial charge in [0.25, 0.3) is 0 Å². The number of nitrogens with zero attached hydrogens (tertiary/aromatic N) is 1. The Bertz CT molecular complexity index is 382. The van der Waals surface area contributed by atoms with Gasteiger partial charge < -0.3 is 5.32 Å². The van der Waals surface area contributed by atoms with Crippen molar-refractivity contribution in [2.45, 2.75) is 39.3 Å². The topological polar surface area (TPSA) is 35.8 Å². The van der Waals surface area contributed by atoms with Crippen molar-refractivity contribution in [3.8, 4) is 6.07 Å². The van der Waals surface area contributed by atoms with E-state index in [9.17, 15) is 0 Å². The van der Waals surface area contributed by atoms with Gasteiger partial charge in [0.2, 0.25) is 0 Å². The fourth-order valence-electron chi connectivity index (χ4n) is 1.55. The van der Waals surface area contributed by atoms with Crippen LogP contribution in [0, 0.1) is 18.3 Å². The summed E-state index contributed by atoms with van der Waals surface area (Å²) in [6.07, 6.45) is 1.53. The van der Waals surface area contributed by atoms with Crippen molar-refractivity contribution < 1.29 is 0 Å². The van der Waals surface area contributed by atoms with Crippen LogP contribution in [0.5, 0.6) is 0 Å². The first kappa shape index (κ1) is 13.0. The second-order valence-electron chi connectivity index (χ2n) is 3.93. The highest BCUT2D eigenvalue weighted by atomic mass is 35.5. The molecule has 0 amide bonds. The molecule has 1 aromatic rings.